The minimum absolute atomic E-state index is 0.0353. The Labute approximate surface area is 146 Å². The maximum absolute atomic E-state index is 13.0. The second-order valence-electron chi connectivity index (χ2n) is 5.92. The number of methoxy groups -OCH3 is 1. The van der Waals surface area contributed by atoms with Crippen LogP contribution in [0, 0.1) is 0 Å². The van der Waals surface area contributed by atoms with Crippen LogP contribution >= 0.6 is 11.6 Å². The lowest BCUT2D eigenvalue weighted by atomic mass is 10.0. The first-order valence-corrected chi connectivity index (χ1v) is 8.00. The van der Waals surface area contributed by atoms with E-state index in [9.17, 15) is 4.79 Å². The fraction of sp³-hybridized carbons (Fsp3) is 0.211. The van der Waals surface area contributed by atoms with Crippen LogP contribution in [0.3, 0.4) is 0 Å². The van der Waals surface area contributed by atoms with Gasteiger partial charge in [0.25, 0.3) is 5.91 Å². The predicted octanol–water partition coefficient (Wildman–Crippen LogP) is 3.75. The van der Waals surface area contributed by atoms with E-state index in [1.165, 1.54) is 0 Å². The van der Waals surface area contributed by atoms with Gasteiger partial charge in [0.2, 0.25) is 0 Å². The molecule has 124 valence electrons. The highest BCUT2D eigenvalue weighted by Gasteiger charge is 2.32. The van der Waals surface area contributed by atoms with Crippen molar-refractivity contribution >= 4 is 34.8 Å². The molecule has 0 saturated heterocycles. The molecule has 4 nitrogen and oxygen atoms in total. The quantitative estimate of drug-likeness (QED) is 0.793. The molecule has 0 atom stereocenters. The van der Waals surface area contributed by atoms with Gasteiger partial charge in [-0.05, 0) is 38.4 Å². The van der Waals surface area contributed by atoms with Crippen LogP contribution < -0.4 is 9.64 Å². The zero-order chi connectivity index (χ0) is 17.3. The standard InChI is InChI=1S/C19H19ClN2O2/c1-21(2)12-22-17-11-14(20)8-9-15(17)16(19(22)23)10-13-6-4-5-7-18(13)24-3/h4-11H,12H2,1-3H3. The monoisotopic (exact) mass is 342 g/mol. The molecular formula is C19H19ClN2O2. The summed E-state index contributed by atoms with van der Waals surface area (Å²) in [5, 5.41) is 0.615. The van der Waals surface area contributed by atoms with Crippen LogP contribution in [0.2, 0.25) is 5.02 Å². The lowest BCUT2D eigenvalue weighted by molar-refractivity contribution is -0.113. The van der Waals surface area contributed by atoms with Crippen LogP contribution in [0.15, 0.2) is 42.5 Å². The van der Waals surface area contributed by atoms with Crippen LogP contribution in [0.25, 0.3) is 11.6 Å². The van der Waals surface area contributed by atoms with Gasteiger partial charge in [0, 0.05) is 21.7 Å². The third-order valence-corrected chi connectivity index (χ3v) is 4.11. The summed E-state index contributed by atoms with van der Waals surface area (Å²) in [7, 11) is 5.48. The van der Waals surface area contributed by atoms with Crippen LogP contribution in [-0.2, 0) is 4.79 Å². The van der Waals surface area contributed by atoms with Crippen LogP contribution in [-0.4, -0.2) is 38.7 Å². The summed E-state index contributed by atoms with van der Waals surface area (Å²) < 4.78 is 5.39. The number of fused-ring (bicyclic) bond motifs is 1. The lowest BCUT2D eigenvalue weighted by Gasteiger charge is -2.21. The molecule has 0 spiro atoms. The van der Waals surface area contributed by atoms with Gasteiger partial charge in [-0.25, -0.2) is 0 Å². The lowest BCUT2D eigenvalue weighted by Crippen LogP contribution is -2.35. The smallest absolute Gasteiger partial charge is 0.260 e. The van der Waals surface area contributed by atoms with E-state index in [1.807, 2.05) is 67.5 Å². The predicted molar refractivity (Wildman–Crippen MR) is 98.4 cm³/mol. The third-order valence-electron chi connectivity index (χ3n) is 3.88. The zero-order valence-electron chi connectivity index (χ0n) is 13.9. The number of rotatable bonds is 4. The Hall–Kier alpha value is -2.30. The molecule has 2 aromatic rings. The van der Waals surface area contributed by atoms with Gasteiger partial charge in [0.1, 0.15) is 5.75 Å². The zero-order valence-corrected chi connectivity index (χ0v) is 14.7. The summed E-state index contributed by atoms with van der Waals surface area (Å²) in [5.74, 6) is 0.700. The van der Waals surface area contributed by atoms with Crippen molar-refractivity contribution in [3.05, 3.63) is 58.6 Å². The van der Waals surface area contributed by atoms with Gasteiger partial charge in [0.15, 0.2) is 0 Å². The summed E-state index contributed by atoms with van der Waals surface area (Å²) >= 11 is 6.14. The molecule has 1 heterocycles. The Morgan fingerprint density at radius 3 is 2.67 bits per heavy atom. The summed E-state index contributed by atoms with van der Waals surface area (Å²) in [6.07, 6.45) is 1.88. The maximum Gasteiger partial charge on any atom is 0.260 e. The first kappa shape index (κ1) is 16.6. The van der Waals surface area contributed by atoms with Gasteiger partial charge >= 0.3 is 0 Å². The van der Waals surface area contributed by atoms with Gasteiger partial charge < -0.3 is 4.74 Å². The third kappa shape index (κ3) is 3.03. The average molecular weight is 343 g/mol. The van der Waals surface area contributed by atoms with E-state index in [0.29, 0.717) is 17.3 Å². The Morgan fingerprint density at radius 1 is 1.21 bits per heavy atom. The van der Waals surface area contributed by atoms with Crippen molar-refractivity contribution in [2.24, 2.45) is 0 Å². The number of carbonyl (C=O) groups excluding carboxylic acids is 1. The van der Waals surface area contributed by atoms with Gasteiger partial charge in [-0.3, -0.25) is 14.6 Å². The summed E-state index contributed by atoms with van der Waals surface area (Å²) in [6.45, 7) is 0.495. The molecule has 1 aliphatic rings. The Morgan fingerprint density at radius 2 is 1.96 bits per heavy atom. The molecule has 1 aliphatic heterocycles. The summed E-state index contributed by atoms with van der Waals surface area (Å²) in [6, 6.07) is 13.2. The normalized spacial score (nSPS) is 15.3. The molecule has 3 rings (SSSR count). The number of anilines is 1. The molecule has 24 heavy (non-hydrogen) atoms. The summed E-state index contributed by atoms with van der Waals surface area (Å²) in [5.41, 5.74) is 3.24. The number of amides is 1. The second-order valence-corrected chi connectivity index (χ2v) is 6.35. The highest BCUT2D eigenvalue weighted by Crippen LogP contribution is 2.40. The first-order valence-electron chi connectivity index (χ1n) is 7.62. The molecule has 2 aromatic carbocycles. The molecule has 1 amide bonds. The van der Waals surface area contributed by atoms with Crippen LogP contribution in [0.1, 0.15) is 11.1 Å². The molecule has 0 fully saturated rings. The van der Waals surface area contributed by atoms with Crippen molar-refractivity contribution in [2.45, 2.75) is 0 Å². The molecule has 0 bridgehead atoms. The topological polar surface area (TPSA) is 32.8 Å². The minimum atomic E-state index is -0.0353. The SMILES string of the molecule is COc1ccccc1C=C1C(=O)N(CN(C)C)c2cc(Cl)ccc21. The number of hydrogen-bond donors (Lipinski definition) is 0. The molecule has 5 heteroatoms. The number of hydrogen-bond acceptors (Lipinski definition) is 3. The van der Waals surface area contributed by atoms with Gasteiger partial charge in [0.05, 0.1) is 19.5 Å². The number of benzene rings is 2. The highest BCUT2D eigenvalue weighted by molar-refractivity contribution is 6.37. The van der Waals surface area contributed by atoms with Crippen molar-refractivity contribution in [1.82, 2.24) is 4.90 Å². The minimum Gasteiger partial charge on any atom is -0.496 e. The maximum atomic E-state index is 13.0. The van der Waals surface area contributed by atoms with Gasteiger partial charge in [-0.2, -0.15) is 0 Å². The molecule has 0 N–H and O–H groups in total. The van der Waals surface area contributed by atoms with E-state index in [-0.39, 0.29) is 5.91 Å². The fourth-order valence-corrected chi connectivity index (χ4v) is 3.00. The highest BCUT2D eigenvalue weighted by atomic mass is 35.5. The first-order chi connectivity index (χ1) is 11.5. The van der Waals surface area contributed by atoms with Gasteiger partial charge in [-0.1, -0.05) is 35.9 Å². The fourth-order valence-electron chi connectivity index (χ4n) is 2.83. The Bertz CT molecular complexity index is 815. The molecule has 0 saturated carbocycles. The number of carbonyl (C=O) groups is 1. The van der Waals surface area contributed by atoms with Crippen LogP contribution in [0.4, 0.5) is 5.69 Å². The van der Waals surface area contributed by atoms with Gasteiger partial charge in [-0.15, -0.1) is 0 Å². The Kier molecular flexibility index (Phi) is 4.60. The van der Waals surface area contributed by atoms with E-state index < -0.39 is 0 Å². The van der Waals surface area contributed by atoms with Crippen molar-refractivity contribution in [2.75, 3.05) is 32.8 Å². The van der Waals surface area contributed by atoms with E-state index in [4.69, 9.17) is 16.3 Å². The molecule has 0 aromatic heterocycles. The van der Waals surface area contributed by atoms with Crippen molar-refractivity contribution in [1.29, 1.82) is 0 Å². The van der Waals surface area contributed by atoms with E-state index in [2.05, 4.69) is 0 Å². The van der Waals surface area contributed by atoms with Crippen molar-refractivity contribution in [3.63, 3.8) is 0 Å². The van der Waals surface area contributed by atoms with Crippen LogP contribution in [0.5, 0.6) is 5.75 Å². The second kappa shape index (κ2) is 6.67. The number of halogens is 1. The van der Waals surface area contributed by atoms with Crippen molar-refractivity contribution in [3.8, 4) is 5.75 Å². The number of para-hydroxylation sites is 1. The molecule has 0 unspecified atom stereocenters. The van der Waals surface area contributed by atoms with E-state index in [1.54, 1.807) is 12.0 Å². The molecule has 0 radical (unpaired) electrons. The average Bonchev–Trinajstić information content (AvgIpc) is 2.80. The molecule has 0 aliphatic carbocycles. The largest absolute Gasteiger partial charge is 0.496 e. The van der Waals surface area contributed by atoms with Crippen molar-refractivity contribution < 1.29 is 9.53 Å². The Balaban J connectivity index is 2.12. The molecular weight excluding hydrogens is 324 g/mol. The number of nitrogens with zero attached hydrogens (tertiary/aromatic N) is 2. The number of ether oxygens (including phenoxy) is 1. The van der Waals surface area contributed by atoms with E-state index >= 15 is 0 Å². The summed E-state index contributed by atoms with van der Waals surface area (Å²) in [4.78, 5) is 16.7. The van der Waals surface area contributed by atoms with E-state index in [0.717, 1.165) is 22.6 Å².